The van der Waals surface area contributed by atoms with Crippen molar-refractivity contribution in [3.05, 3.63) is 59.4 Å². The van der Waals surface area contributed by atoms with E-state index in [1.807, 2.05) is 0 Å². The molecule has 0 saturated carbocycles. The number of azo groups is 1. The van der Waals surface area contributed by atoms with Crippen LogP contribution in [0.3, 0.4) is 0 Å². The van der Waals surface area contributed by atoms with E-state index in [0.717, 1.165) is 5.56 Å². The van der Waals surface area contributed by atoms with Crippen LogP contribution in [0.4, 0.5) is 11.4 Å². The molecule has 3 heterocycles. The lowest BCUT2D eigenvalue weighted by molar-refractivity contribution is 1.06. The van der Waals surface area contributed by atoms with E-state index >= 15 is 0 Å². The van der Waals surface area contributed by atoms with Gasteiger partial charge in [-0.2, -0.15) is 5.11 Å². The molecule has 7 heteroatoms. The largest absolute Gasteiger partial charge is 0.295 e. The Hall–Kier alpha value is -3.09. The number of rotatable bonds is 3. The van der Waals surface area contributed by atoms with Gasteiger partial charge in [0.15, 0.2) is 5.69 Å². The summed E-state index contributed by atoms with van der Waals surface area (Å²) in [6, 6.07) is 6.97. The van der Waals surface area contributed by atoms with Gasteiger partial charge in [0.1, 0.15) is 0 Å². The quantitative estimate of drug-likeness (QED) is 0.712. The fourth-order valence-electron chi connectivity index (χ4n) is 1.69. The Kier molecular flexibility index (Phi) is 3.15. The van der Waals surface area contributed by atoms with E-state index < -0.39 is 0 Å². The van der Waals surface area contributed by atoms with E-state index in [1.165, 1.54) is 0 Å². The lowest BCUT2D eigenvalue weighted by atomic mass is 10.2. The number of pyridine rings is 2. The molecule has 3 aromatic rings. The van der Waals surface area contributed by atoms with Gasteiger partial charge in [-0.25, -0.2) is 0 Å². The van der Waals surface area contributed by atoms with Crippen molar-refractivity contribution in [3.8, 4) is 11.3 Å². The first-order chi connectivity index (χ1) is 9.84. The first kappa shape index (κ1) is 12.0. The van der Waals surface area contributed by atoms with Gasteiger partial charge >= 0.3 is 0 Å². The molecule has 0 radical (unpaired) electrons. The summed E-state index contributed by atoms with van der Waals surface area (Å²) in [5.41, 5.74) is 1.92. The van der Waals surface area contributed by atoms with Crippen LogP contribution in [0.2, 0.25) is 0 Å². The Balaban J connectivity index is 2.01. The number of H-pyrrole nitrogens is 2. The molecule has 0 aliphatic carbocycles. The number of nitrogens with one attached hydrogen (secondary N) is 2. The van der Waals surface area contributed by atoms with Crippen molar-refractivity contribution < 1.29 is 0 Å². The summed E-state index contributed by atoms with van der Waals surface area (Å²) in [7, 11) is 0. The van der Waals surface area contributed by atoms with Crippen molar-refractivity contribution >= 4 is 11.4 Å². The Morgan fingerprint density at radius 3 is 2.20 bits per heavy atom. The minimum atomic E-state index is -0.324. The molecule has 0 bridgehead atoms. The third kappa shape index (κ3) is 2.37. The van der Waals surface area contributed by atoms with Gasteiger partial charge in [-0.05, 0) is 24.3 Å². The highest BCUT2D eigenvalue weighted by Crippen LogP contribution is 2.25. The molecule has 20 heavy (non-hydrogen) atoms. The second-order valence-corrected chi connectivity index (χ2v) is 3.94. The number of hydrogen-bond donors (Lipinski definition) is 2. The lowest BCUT2D eigenvalue weighted by Crippen LogP contribution is -1.96. The van der Waals surface area contributed by atoms with Crippen molar-refractivity contribution in [3.63, 3.8) is 0 Å². The molecule has 0 spiro atoms. The summed E-state index contributed by atoms with van der Waals surface area (Å²) in [5.74, 6) is 0. The fourth-order valence-corrected chi connectivity index (χ4v) is 1.69. The molecular weight excluding hydrogens is 256 g/mol. The molecule has 0 aliphatic rings. The fraction of sp³-hybridized carbons (Fsp3) is 0. The number of nitrogens with zero attached hydrogens (tertiary/aromatic N) is 4. The van der Waals surface area contributed by atoms with Gasteiger partial charge in [0.25, 0.3) is 5.56 Å². The van der Waals surface area contributed by atoms with Gasteiger partial charge in [-0.15, -0.1) is 5.11 Å². The maximum Gasteiger partial charge on any atom is 0.292 e. The van der Waals surface area contributed by atoms with Gasteiger partial charge in [0.2, 0.25) is 0 Å². The highest BCUT2D eigenvalue weighted by molar-refractivity contribution is 5.70. The molecule has 0 saturated heterocycles. The van der Waals surface area contributed by atoms with Crippen LogP contribution < -0.4 is 5.56 Å². The number of aromatic nitrogens is 4. The van der Waals surface area contributed by atoms with E-state index in [0.29, 0.717) is 11.4 Å². The molecule has 3 rings (SSSR count). The van der Waals surface area contributed by atoms with Crippen LogP contribution in [0.1, 0.15) is 0 Å². The van der Waals surface area contributed by atoms with E-state index in [1.54, 1.807) is 49.1 Å². The van der Waals surface area contributed by atoms with Crippen molar-refractivity contribution in [2.75, 3.05) is 0 Å². The van der Waals surface area contributed by atoms with Crippen molar-refractivity contribution in [1.82, 2.24) is 20.2 Å². The number of hydrogen-bond acceptors (Lipinski definition) is 5. The molecule has 2 N–H and O–H groups in total. The summed E-state index contributed by atoms with van der Waals surface area (Å²) in [6.45, 7) is 0. The molecule has 0 aliphatic heterocycles. The lowest BCUT2D eigenvalue weighted by Gasteiger charge is -1.97. The third-order valence-corrected chi connectivity index (χ3v) is 2.65. The predicted octanol–water partition coefficient (Wildman–Crippen LogP) is 2.58. The standard InChI is InChI=1S/C13H10N6O/c20-13-12(18-16-10-3-7-15-8-4-10)11(17-19-13)9-1-5-14-6-2-9/h1-8H,(H2,17,19,20). The van der Waals surface area contributed by atoms with E-state index in [4.69, 9.17) is 0 Å². The van der Waals surface area contributed by atoms with Gasteiger partial charge in [0, 0.05) is 30.4 Å². The van der Waals surface area contributed by atoms with Crippen LogP contribution in [0.15, 0.2) is 64.1 Å². The van der Waals surface area contributed by atoms with E-state index in [9.17, 15) is 4.79 Å². The summed E-state index contributed by atoms with van der Waals surface area (Å²) in [5, 5.41) is 13.3. The molecular formula is C13H10N6O. The Labute approximate surface area is 113 Å². The highest BCUT2D eigenvalue weighted by atomic mass is 16.1. The second kappa shape index (κ2) is 5.27. The predicted molar refractivity (Wildman–Crippen MR) is 73.1 cm³/mol. The SMILES string of the molecule is O=c1[nH][nH]c(-c2ccncc2)c1N=Nc1ccncc1. The maximum absolute atomic E-state index is 11.8. The molecule has 0 fully saturated rings. The molecule has 7 nitrogen and oxygen atoms in total. The molecule has 0 amide bonds. The molecule has 0 aromatic carbocycles. The van der Waals surface area contributed by atoms with Gasteiger partial charge < -0.3 is 0 Å². The Morgan fingerprint density at radius 1 is 0.850 bits per heavy atom. The van der Waals surface area contributed by atoms with Crippen LogP contribution in [-0.2, 0) is 0 Å². The zero-order chi connectivity index (χ0) is 13.8. The zero-order valence-corrected chi connectivity index (χ0v) is 10.3. The van der Waals surface area contributed by atoms with Crippen molar-refractivity contribution in [1.29, 1.82) is 0 Å². The summed E-state index contributed by atoms with van der Waals surface area (Å²) >= 11 is 0. The van der Waals surface area contributed by atoms with Crippen LogP contribution >= 0.6 is 0 Å². The molecule has 3 aromatic heterocycles. The highest BCUT2D eigenvalue weighted by Gasteiger charge is 2.11. The van der Waals surface area contributed by atoms with Crippen LogP contribution in [0.25, 0.3) is 11.3 Å². The first-order valence-corrected chi connectivity index (χ1v) is 5.87. The molecule has 98 valence electrons. The normalized spacial score (nSPS) is 11.0. The zero-order valence-electron chi connectivity index (χ0n) is 10.3. The smallest absolute Gasteiger partial charge is 0.292 e. The molecule has 0 atom stereocenters. The minimum Gasteiger partial charge on any atom is -0.295 e. The van der Waals surface area contributed by atoms with Crippen molar-refractivity contribution in [2.24, 2.45) is 10.2 Å². The van der Waals surface area contributed by atoms with Crippen LogP contribution in [0.5, 0.6) is 0 Å². The average molecular weight is 266 g/mol. The van der Waals surface area contributed by atoms with E-state index in [-0.39, 0.29) is 11.2 Å². The van der Waals surface area contributed by atoms with E-state index in [2.05, 4.69) is 30.4 Å². The summed E-state index contributed by atoms with van der Waals surface area (Å²) in [4.78, 5) is 19.6. The van der Waals surface area contributed by atoms with Crippen molar-refractivity contribution in [2.45, 2.75) is 0 Å². The van der Waals surface area contributed by atoms with Gasteiger partial charge in [-0.3, -0.25) is 25.0 Å². The Bertz CT molecular complexity index is 775. The van der Waals surface area contributed by atoms with Crippen LogP contribution in [-0.4, -0.2) is 20.2 Å². The Morgan fingerprint density at radius 2 is 1.50 bits per heavy atom. The topological polar surface area (TPSA) is 99.2 Å². The maximum atomic E-state index is 11.8. The number of aromatic amines is 2. The van der Waals surface area contributed by atoms with Gasteiger partial charge in [0.05, 0.1) is 11.4 Å². The monoisotopic (exact) mass is 266 g/mol. The average Bonchev–Trinajstić information content (AvgIpc) is 2.88. The minimum absolute atomic E-state index is 0.230. The first-order valence-electron chi connectivity index (χ1n) is 5.87. The molecule has 0 unspecified atom stereocenters. The van der Waals surface area contributed by atoms with Crippen LogP contribution in [0, 0.1) is 0 Å². The summed E-state index contributed by atoms with van der Waals surface area (Å²) < 4.78 is 0. The summed E-state index contributed by atoms with van der Waals surface area (Å²) in [6.07, 6.45) is 6.51. The second-order valence-electron chi connectivity index (χ2n) is 3.94. The van der Waals surface area contributed by atoms with Gasteiger partial charge in [-0.1, -0.05) is 0 Å². The third-order valence-electron chi connectivity index (χ3n) is 2.65.